The molecule has 5 rings (SSSR count). The molecule has 0 spiro atoms. The third-order valence-corrected chi connectivity index (χ3v) is 7.05. The molecule has 2 aromatic rings. The summed E-state index contributed by atoms with van der Waals surface area (Å²) >= 11 is 0. The highest BCUT2D eigenvalue weighted by Gasteiger charge is 2.50. The van der Waals surface area contributed by atoms with Crippen molar-refractivity contribution in [1.29, 1.82) is 0 Å². The number of carbonyl (C=O) groups excluding carboxylic acids is 2. The van der Waals surface area contributed by atoms with Crippen LogP contribution < -0.4 is 0 Å². The minimum Gasteiger partial charge on any atom is -0.338 e. The van der Waals surface area contributed by atoms with Crippen LogP contribution in [0.15, 0.2) is 30.5 Å². The second kappa shape index (κ2) is 7.52. The molecule has 0 saturated carbocycles. The third-order valence-electron chi connectivity index (χ3n) is 7.05. The summed E-state index contributed by atoms with van der Waals surface area (Å²) in [7, 11) is 0. The second-order valence-electron chi connectivity index (χ2n) is 9.01. The fraction of sp³-hybridized carbons (Fsp3) is 0.522. The smallest absolute Gasteiger partial charge is 0.271 e. The van der Waals surface area contributed by atoms with Gasteiger partial charge in [0.05, 0.1) is 6.20 Å². The number of carbonyl (C=O) groups is 2. The van der Waals surface area contributed by atoms with Crippen LogP contribution in [-0.2, 0) is 11.2 Å². The molecule has 3 fully saturated rings. The summed E-state index contributed by atoms with van der Waals surface area (Å²) in [5.74, 6) is 1.15. The lowest BCUT2D eigenvalue weighted by Crippen LogP contribution is -2.66. The van der Waals surface area contributed by atoms with Gasteiger partial charge in [0.25, 0.3) is 5.91 Å². The molecule has 6 nitrogen and oxygen atoms in total. The first-order valence-corrected chi connectivity index (χ1v) is 10.9. The Labute approximate surface area is 175 Å². The molecule has 0 aliphatic carbocycles. The Morgan fingerprint density at radius 1 is 1.30 bits per heavy atom. The number of likely N-dealkylation sites (tertiary alicyclic amines) is 1. The number of aryl methyl sites for hydroxylation is 1. The molecule has 7 heteroatoms. The molecule has 0 radical (unpaired) electrons. The number of benzene rings is 1. The topological polar surface area (TPSA) is 69.3 Å². The van der Waals surface area contributed by atoms with Crippen molar-refractivity contribution in [2.75, 3.05) is 13.1 Å². The van der Waals surface area contributed by atoms with Crippen LogP contribution in [0.1, 0.15) is 47.6 Å². The zero-order chi connectivity index (χ0) is 20.8. The quantitative estimate of drug-likeness (QED) is 0.846. The van der Waals surface area contributed by atoms with Gasteiger partial charge < -0.3 is 14.8 Å². The Bertz CT molecular complexity index is 974. The van der Waals surface area contributed by atoms with Gasteiger partial charge in [-0.05, 0) is 62.1 Å². The molecule has 3 saturated heterocycles. The molecule has 2 amide bonds. The van der Waals surface area contributed by atoms with Gasteiger partial charge >= 0.3 is 0 Å². The van der Waals surface area contributed by atoms with Gasteiger partial charge in [-0.2, -0.15) is 0 Å². The van der Waals surface area contributed by atoms with E-state index < -0.39 is 0 Å². The normalized spacial score (nSPS) is 28.4. The van der Waals surface area contributed by atoms with Crippen molar-refractivity contribution >= 4 is 11.8 Å². The van der Waals surface area contributed by atoms with Crippen LogP contribution in [-0.4, -0.2) is 56.8 Å². The van der Waals surface area contributed by atoms with Gasteiger partial charge in [-0.1, -0.05) is 12.1 Å². The molecule has 4 heterocycles. The second-order valence-corrected chi connectivity index (χ2v) is 9.01. The summed E-state index contributed by atoms with van der Waals surface area (Å²) < 4.78 is 13.8. The lowest BCUT2D eigenvalue weighted by Gasteiger charge is -2.56. The molecular weight excluding hydrogens is 383 g/mol. The van der Waals surface area contributed by atoms with Crippen LogP contribution in [0, 0.1) is 24.6 Å². The van der Waals surface area contributed by atoms with Crippen LogP contribution >= 0.6 is 0 Å². The van der Waals surface area contributed by atoms with Crippen molar-refractivity contribution in [2.45, 2.75) is 51.1 Å². The predicted octanol–water partition coefficient (Wildman–Crippen LogP) is 2.94. The number of hydrogen-bond acceptors (Lipinski definition) is 3. The Hall–Kier alpha value is -2.70. The molecule has 3 aliphatic rings. The number of nitrogens with one attached hydrogen (secondary N) is 1. The van der Waals surface area contributed by atoms with Crippen LogP contribution in [0.25, 0.3) is 0 Å². The average molecular weight is 410 g/mol. The Kier molecular flexibility index (Phi) is 4.83. The molecule has 3 aliphatic heterocycles. The van der Waals surface area contributed by atoms with E-state index in [2.05, 4.69) is 14.9 Å². The Morgan fingerprint density at radius 2 is 2.13 bits per heavy atom. The number of piperidine rings is 3. The number of aromatic nitrogens is 2. The summed E-state index contributed by atoms with van der Waals surface area (Å²) in [4.78, 5) is 37.3. The Balaban J connectivity index is 1.44. The monoisotopic (exact) mass is 410 g/mol. The molecule has 1 N–H and O–H groups in total. The lowest BCUT2D eigenvalue weighted by molar-refractivity contribution is -0.151. The summed E-state index contributed by atoms with van der Waals surface area (Å²) in [5, 5.41) is 0. The number of fused-ring (bicyclic) bond motifs is 4. The largest absolute Gasteiger partial charge is 0.338 e. The van der Waals surface area contributed by atoms with Gasteiger partial charge in [-0.3, -0.25) is 9.59 Å². The molecule has 158 valence electrons. The standard InChI is InChI=1S/C23H27FN4O2/c1-14-25-11-19(26-14)23(30)27-12-16-10-17(13-27)21(9-15-4-2-5-18(24)8-15)28-20(16)6-3-7-22(28)29/h2,4-5,8,11,16-17,20-21H,3,6-7,9-10,12-13H2,1H3,(H,25,26)/t16-,17+,20+,21+/m1/s1. The van der Waals surface area contributed by atoms with Crippen molar-refractivity contribution in [3.63, 3.8) is 0 Å². The maximum atomic E-state index is 13.8. The minimum absolute atomic E-state index is 0.0000436. The maximum absolute atomic E-state index is 13.8. The SMILES string of the molecule is Cc1ncc(C(=O)N2C[C@H]3C[C@@H](C2)[C@H](Cc2cccc(F)c2)N2C(=O)CCC[C@@H]32)[nH]1. The van der Waals surface area contributed by atoms with Gasteiger partial charge in [-0.25, -0.2) is 9.37 Å². The molecule has 2 bridgehead atoms. The maximum Gasteiger partial charge on any atom is 0.271 e. The summed E-state index contributed by atoms with van der Waals surface area (Å²) in [5.41, 5.74) is 1.42. The molecular formula is C23H27FN4O2. The highest BCUT2D eigenvalue weighted by atomic mass is 19.1. The van der Waals surface area contributed by atoms with Crippen molar-refractivity contribution in [2.24, 2.45) is 11.8 Å². The third kappa shape index (κ3) is 3.40. The number of aromatic amines is 1. The molecule has 1 aromatic heterocycles. The first kappa shape index (κ1) is 19.3. The van der Waals surface area contributed by atoms with Crippen molar-refractivity contribution in [1.82, 2.24) is 19.8 Å². The van der Waals surface area contributed by atoms with E-state index in [1.165, 1.54) is 6.07 Å². The number of nitrogens with zero attached hydrogens (tertiary/aromatic N) is 3. The number of rotatable bonds is 3. The lowest BCUT2D eigenvalue weighted by atomic mass is 9.70. The first-order chi connectivity index (χ1) is 14.5. The zero-order valence-electron chi connectivity index (χ0n) is 17.2. The molecule has 30 heavy (non-hydrogen) atoms. The molecule has 1 aromatic carbocycles. The fourth-order valence-electron chi connectivity index (χ4n) is 5.81. The van der Waals surface area contributed by atoms with Gasteiger partial charge in [-0.15, -0.1) is 0 Å². The van der Waals surface area contributed by atoms with Crippen LogP contribution in [0.4, 0.5) is 4.39 Å². The van der Waals surface area contributed by atoms with E-state index in [4.69, 9.17) is 0 Å². The van der Waals surface area contributed by atoms with E-state index >= 15 is 0 Å². The van der Waals surface area contributed by atoms with E-state index in [-0.39, 0.29) is 35.6 Å². The van der Waals surface area contributed by atoms with Gasteiger partial charge in [0, 0.05) is 31.6 Å². The molecule has 4 atom stereocenters. The van der Waals surface area contributed by atoms with E-state index in [1.807, 2.05) is 17.9 Å². The van der Waals surface area contributed by atoms with Gasteiger partial charge in [0.2, 0.25) is 5.91 Å². The van der Waals surface area contributed by atoms with Crippen molar-refractivity contribution in [3.05, 3.63) is 53.4 Å². The van der Waals surface area contributed by atoms with Crippen molar-refractivity contribution < 1.29 is 14.0 Å². The number of imidazole rings is 1. The van der Waals surface area contributed by atoms with Crippen LogP contribution in [0.5, 0.6) is 0 Å². The fourth-order valence-corrected chi connectivity index (χ4v) is 5.81. The van der Waals surface area contributed by atoms with E-state index in [1.54, 1.807) is 18.3 Å². The van der Waals surface area contributed by atoms with E-state index in [0.717, 1.165) is 30.7 Å². The van der Waals surface area contributed by atoms with Crippen LogP contribution in [0.3, 0.4) is 0 Å². The van der Waals surface area contributed by atoms with Crippen molar-refractivity contribution in [3.8, 4) is 0 Å². The number of amides is 2. The molecule has 0 unspecified atom stereocenters. The number of halogens is 1. The summed E-state index contributed by atoms with van der Waals surface area (Å²) in [6, 6.07) is 6.83. The summed E-state index contributed by atoms with van der Waals surface area (Å²) in [6.07, 6.45) is 5.71. The average Bonchev–Trinajstić information content (AvgIpc) is 3.17. The summed E-state index contributed by atoms with van der Waals surface area (Å²) in [6.45, 7) is 3.13. The highest BCUT2D eigenvalue weighted by Crippen LogP contribution is 2.42. The Morgan fingerprint density at radius 3 is 2.90 bits per heavy atom. The number of H-pyrrole nitrogens is 1. The van der Waals surface area contributed by atoms with Gasteiger partial charge in [0.15, 0.2) is 0 Å². The van der Waals surface area contributed by atoms with Gasteiger partial charge in [0.1, 0.15) is 17.3 Å². The van der Waals surface area contributed by atoms with Crippen LogP contribution in [0.2, 0.25) is 0 Å². The highest BCUT2D eigenvalue weighted by molar-refractivity contribution is 5.92. The van der Waals surface area contributed by atoms with E-state index in [9.17, 15) is 14.0 Å². The minimum atomic E-state index is -0.252. The predicted molar refractivity (Wildman–Crippen MR) is 109 cm³/mol. The first-order valence-electron chi connectivity index (χ1n) is 10.9. The number of hydrogen-bond donors (Lipinski definition) is 1. The van der Waals surface area contributed by atoms with E-state index in [0.29, 0.717) is 37.5 Å². The zero-order valence-corrected chi connectivity index (χ0v) is 17.2.